The fraction of sp³-hybridized carbons (Fsp3) is 0.226. The van der Waals surface area contributed by atoms with E-state index in [9.17, 15) is 8.42 Å². The van der Waals surface area contributed by atoms with Gasteiger partial charge in [-0.05, 0) is 118 Å². The molecule has 0 unspecified atom stereocenters. The maximum Gasteiger partial charge on any atom is 0.307 e. The van der Waals surface area contributed by atoms with Crippen molar-refractivity contribution in [3.63, 3.8) is 0 Å². The van der Waals surface area contributed by atoms with Crippen LogP contribution in [0.4, 0.5) is 0 Å². The zero-order chi connectivity index (χ0) is 27.3. The summed E-state index contributed by atoms with van der Waals surface area (Å²) in [7, 11) is -6.90. The minimum atomic E-state index is -4.16. The summed E-state index contributed by atoms with van der Waals surface area (Å²) >= 11 is 0. The SMILES string of the molecule is Cc1ccc(S(=O)(=O)OS(c2ccccc2)(c2ccc(OC(C)C)cc2)c2ccc(OC(C)C)cc2)cc1. The van der Waals surface area contributed by atoms with Crippen molar-refractivity contribution in [1.82, 2.24) is 0 Å². The Hall–Kier alpha value is -3.26. The lowest BCUT2D eigenvalue weighted by Crippen LogP contribution is -2.15. The molecule has 4 aromatic carbocycles. The molecule has 0 spiro atoms. The van der Waals surface area contributed by atoms with Gasteiger partial charge in [0.15, 0.2) is 0 Å². The van der Waals surface area contributed by atoms with E-state index in [1.807, 2.05) is 113 Å². The van der Waals surface area contributed by atoms with E-state index in [2.05, 4.69) is 0 Å². The van der Waals surface area contributed by atoms with Crippen LogP contribution in [0.1, 0.15) is 33.3 Å². The Kier molecular flexibility index (Phi) is 8.51. The first kappa shape index (κ1) is 27.8. The van der Waals surface area contributed by atoms with Gasteiger partial charge in [-0.15, -0.1) is 0 Å². The molecule has 0 aromatic heterocycles. The fourth-order valence-corrected chi connectivity index (χ4v) is 9.18. The van der Waals surface area contributed by atoms with E-state index >= 15 is 0 Å². The summed E-state index contributed by atoms with van der Waals surface area (Å²) in [4.78, 5) is 2.32. The molecule has 0 atom stereocenters. The van der Waals surface area contributed by atoms with Crippen LogP contribution in [0.2, 0.25) is 0 Å². The first-order valence-electron chi connectivity index (χ1n) is 12.5. The number of rotatable bonds is 10. The fourth-order valence-electron chi connectivity index (χ4n) is 3.98. The molecule has 4 aromatic rings. The first-order chi connectivity index (χ1) is 18.1. The van der Waals surface area contributed by atoms with Crippen LogP contribution in [0.3, 0.4) is 0 Å². The van der Waals surface area contributed by atoms with Crippen LogP contribution in [0, 0.1) is 6.92 Å². The second kappa shape index (κ2) is 11.6. The molecule has 0 heterocycles. The van der Waals surface area contributed by atoms with Crippen LogP contribution in [-0.2, 0) is 13.7 Å². The molecule has 0 saturated carbocycles. The van der Waals surface area contributed by atoms with Crippen molar-refractivity contribution in [2.45, 2.75) is 66.4 Å². The van der Waals surface area contributed by atoms with Gasteiger partial charge in [0.1, 0.15) is 11.5 Å². The van der Waals surface area contributed by atoms with Crippen molar-refractivity contribution in [2.75, 3.05) is 0 Å². The van der Waals surface area contributed by atoms with Crippen molar-refractivity contribution < 1.29 is 21.5 Å². The summed E-state index contributed by atoms with van der Waals surface area (Å²) in [5.41, 5.74) is 0.965. The van der Waals surface area contributed by atoms with E-state index in [4.69, 9.17) is 13.1 Å². The molecule has 0 fully saturated rings. The highest BCUT2D eigenvalue weighted by molar-refractivity contribution is 8.33. The molecule has 5 nitrogen and oxygen atoms in total. The molecule has 0 N–H and O–H groups in total. The molecule has 0 aliphatic rings. The normalized spacial score (nSPS) is 12.5. The maximum atomic E-state index is 13.9. The second-order valence-electron chi connectivity index (χ2n) is 9.48. The highest BCUT2D eigenvalue weighted by Gasteiger charge is 2.38. The number of hydrogen-bond acceptors (Lipinski definition) is 5. The Bertz CT molecular complexity index is 1380. The topological polar surface area (TPSA) is 61.8 Å². The van der Waals surface area contributed by atoms with Gasteiger partial charge in [-0.2, -0.15) is 8.42 Å². The average molecular weight is 551 g/mol. The van der Waals surface area contributed by atoms with E-state index in [1.165, 1.54) is 0 Å². The predicted octanol–water partition coefficient (Wildman–Crippen LogP) is 8.17. The number of aryl methyl sites for hydroxylation is 1. The molecule has 7 heteroatoms. The Balaban J connectivity index is 1.94. The minimum absolute atomic E-state index is 0.0127. The van der Waals surface area contributed by atoms with Crippen LogP contribution in [-0.4, -0.2) is 20.6 Å². The van der Waals surface area contributed by atoms with Crippen molar-refractivity contribution in [3.05, 3.63) is 109 Å². The third kappa shape index (κ3) is 6.23. The molecule has 0 radical (unpaired) electrons. The first-order valence-corrected chi connectivity index (χ1v) is 15.5. The van der Waals surface area contributed by atoms with Gasteiger partial charge < -0.3 is 9.47 Å². The van der Waals surface area contributed by atoms with Crippen molar-refractivity contribution >= 4 is 20.4 Å². The highest BCUT2D eigenvalue weighted by Crippen LogP contribution is 2.70. The molecule has 200 valence electrons. The van der Waals surface area contributed by atoms with Gasteiger partial charge in [0.2, 0.25) is 0 Å². The second-order valence-corrected chi connectivity index (χ2v) is 13.9. The Morgan fingerprint density at radius 2 is 0.921 bits per heavy atom. The lowest BCUT2D eigenvalue weighted by atomic mass is 10.2. The van der Waals surface area contributed by atoms with Gasteiger partial charge in [0, 0.05) is 14.7 Å². The Morgan fingerprint density at radius 1 is 0.526 bits per heavy atom. The van der Waals surface area contributed by atoms with E-state index in [-0.39, 0.29) is 17.1 Å². The average Bonchev–Trinajstić information content (AvgIpc) is 2.88. The highest BCUT2D eigenvalue weighted by atomic mass is 32.3. The largest absolute Gasteiger partial charge is 0.491 e. The summed E-state index contributed by atoms with van der Waals surface area (Å²) < 4.78 is 45.9. The molecular weight excluding hydrogens is 516 g/mol. The standard InChI is InChI=1S/C31H34O5S2/c1-23(2)34-26-13-19-29(20-14-26)37(28-9-7-6-8-10-28,30-21-15-27(16-22-30)35-24(3)4)36-38(32,33)31-17-11-25(5)12-18-31/h6-24H,1-5H3. The summed E-state index contributed by atoms with van der Waals surface area (Å²) in [6.45, 7) is 9.77. The smallest absolute Gasteiger partial charge is 0.307 e. The monoisotopic (exact) mass is 550 g/mol. The van der Waals surface area contributed by atoms with Gasteiger partial charge in [-0.1, -0.05) is 35.9 Å². The maximum absolute atomic E-state index is 13.9. The molecule has 38 heavy (non-hydrogen) atoms. The Labute approximate surface area is 228 Å². The summed E-state index contributed by atoms with van der Waals surface area (Å²) in [6.07, 6.45) is 0.0255. The van der Waals surface area contributed by atoms with Gasteiger partial charge in [0.05, 0.1) is 17.1 Å². The summed E-state index contributed by atoms with van der Waals surface area (Å²) in [5.74, 6) is 1.40. The summed E-state index contributed by atoms with van der Waals surface area (Å²) in [5, 5.41) is 0. The van der Waals surface area contributed by atoms with Crippen molar-refractivity contribution in [2.24, 2.45) is 0 Å². The van der Waals surface area contributed by atoms with E-state index < -0.39 is 20.4 Å². The van der Waals surface area contributed by atoms with Crippen LogP contribution < -0.4 is 9.47 Å². The quantitative estimate of drug-likeness (QED) is 0.199. The predicted molar refractivity (Wildman–Crippen MR) is 153 cm³/mol. The molecule has 0 bridgehead atoms. The van der Waals surface area contributed by atoms with Gasteiger partial charge in [-0.25, -0.2) is 3.63 Å². The van der Waals surface area contributed by atoms with Gasteiger partial charge in [0.25, 0.3) is 0 Å². The van der Waals surface area contributed by atoms with Gasteiger partial charge >= 0.3 is 10.1 Å². The lowest BCUT2D eigenvalue weighted by molar-refractivity contribution is 0.242. The zero-order valence-electron chi connectivity index (χ0n) is 22.3. The van der Waals surface area contributed by atoms with Gasteiger partial charge in [-0.3, -0.25) is 0 Å². The van der Waals surface area contributed by atoms with E-state index in [0.717, 1.165) is 20.2 Å². The zero-order valence-corrected chi connectivity index (χ0v) is 24.0. The molecule has 4 rings (SSSR count). The number of ether oxygens (including phenoxy) is 2. The molecule has 0 aliphatic carbocycles. The lowest BCUT2D eigenvalue weighted by Gasteiger charge is -2.39. The molecule has 0 aliphatic heterocycles. The van der Waals surface area contributed by atoms with Crippen molar-refractivity contribution in [3.8, 4) is 11.5 Å². The third-order valence-corrected chi connectivity index (χ3v) is 10.8. The molecular formula is C31H34O5S2. The van der Waals surface area contributed by atoms with E-state index in [1.54, 1.807) is 24.3 Å². The van der Waals surface area contributed by atoms with Crippen LogP contribution in [0.15, 0.2) is 123 Å². The Morgan fingerprint density at radius 3 is 1.34 bits per heavy atom. The van der Waals surface area contributed by atoms with Crippen LogP contribution in [0.5, 0.6) is 11.5 Å². The van der Waals surface area contributed by atoms with E-state index in [0.29, 0.717) is 11.5 Å². The number of hydrogen-bond donors (Lipinski definition) is 0. The van der Waals surface area contributed by atoms with Crippen LogP contribution >= 0.6 is 10.3 Å². The van der Waals surface area contributed by atoms with Crippen LogP contribution in [0.25, 0.3) is 0 Å². The van der Waals surface area contributed by atoms with Crippen molar-refractivity contribution in [1.29, 1.82) is 0 Å². The molecule has 0 amide bonds. The minimum Gasteiger partial charge on any atom is -0.491 e. The third-order valence-electron chi connectivity index (χ3n) is 5.63. The molecule has 0 saturated heterocycles. The summed E-state index contributed by atoms with van der Waals surface area (Å²) in [6, 6.07) is 31.2. The number of benzene rings is 4.